The molecular weight excluding hydrogens is 504 g/mol. The molecule has 208 valence electrons. The fourth-order valence-electron chi connectivity index (χ4n) is 7.43. The minimum Gasteiger partial charge on any atom is -0.481 e. The summed E-state index contributed by atoms with van der Waals surface area (Å²) in [5.74, 6) is -0.780. The Morgan fingerprint density at radius 2 is 1.46 bits per heavy atom. The van der Waals surface area contributed by atoms with Crippen molar-refractivity contribution in [2.45, 2.75) is 51.0 Å². The molecule has 2 unspecified atom stereocenters. The van der Waals surface area contributed by atoms with E-state index in [1.807, 2.05) is 6.07 Å². The number of rotatable bonds is 6. The van der Waals surface area contributed by atoms with Crippen LogP contribution in [0, 0.1) is 0 Å². The Morgan fingerprint density at radius 3 is 2.17 bits per heavy atom. The highest BCUT2D eigenvalue weighted by atomic mass is 16.4. The Balaban J connectivity index is 1.32. The number of benzene rings is 4. The third-order valence-corrected chi connectivity index (χ3v) is 9.34. The van der Waals surface area contributed by atoms with Crippen molar-refractivity contribution in [3.8, 4) is 0 Å². The van der Waals surface area contributed by atoms with E-state index in [0.717, 1.165) is 11.4 Å². The molecule has 4 aromatic rings. The van der Waals surface area contributed by atoms with Gasteiger partial charge >= 0.3 is 5.97 Å². The van der Waals surface area contributed by atoms with E-state index < -0.39 is 5.97 Å². The van der Waals surface area contributed by atoms with Gasteiger partial charge in [-0.15, -0.1) is 0 Å². The first kappa shape index (κ1) is 27.0. The van der Waals surface area contributed by atoms with Gasteiger partial charge in [0.2, 0.25) is 0 Å². The third kappa shape index (κ3) is 4.29. The zero-order valence-electron chi connectivity index (χ0n) is 24.6. The van der Waals surface area contributed by atoms with Crippen molar-refractivity contribution < 1.29 is 14.8 Å². The van der Waals surface area contributed by atoms with Crippen LogP contribution < -0.4 is 9.80 Å². The highest BCUT2D eigenvalue weighted by Gasteiger charge is 2.48. The van der Waals surface area contributed by atoms with Crippen LogP contribution >= 0.6 is 0 Å². The van der Waals surface area contributed by atoms with E-state index in [1.165, 1.54) is 43.3 Å². The lowest BCUT2D eigenvalue weighted by Gasteiger charge is -2.26. The van der Waals surface area contributed by atoms with Crippen molar-refractivity contribution in [1.29, 1.82) is 0 Å². The number of nitrogens with one attached hydrogen (secondary N) is 1. The number of allylic oxidation sites excluding steroid dienone is 5. The second-order valence-corrected chi connectivity index (χ2v) is 12.5. The predicted molar refractivity (Wildman–Crippen MR) is 170 cm³/mol. The fourth-order valence-corrected chi connectivity index (χ4v) is 7.43. The number of fused-ring (bicyclic) bond motifs is 7. The van der Waals surface area contributed by atoms with Crippen molar-refractivity contribution in [2.24, 2.45) is 0 Å². The SMILES string of the molecule is C[NH+]1c2c(c3ccccc3c3ccccc23)C(C)(C)C1/C=C/C=C/C=C1/N(CCC(=O)O)c2ccccc2C1(C)C. The van der Waals surface area contributed by atoms with E-state index in [-0.39, 0.29) is 23.3 Å². The molecule has 4 nitrogen and oxygen atoms in total. The number of quaternary nitrogens is 1. The van der Waals surface area contributed by atoms with Gasteiger partial charge in [-0.2, -0.15) is 0 Å². The number of para-hydroxylation sites is 1. The summed E-state index contributed by atoms with van der Waals surface area (Å²) in [4.78, 5) is 15.0. The molecule has 0 spiro atoms. The number of anilines is 1. The maximum atomic E-state index is 11.4. The van der Waals surface area contributed by atoms with Crippen LogP contribution in [-0.2, 0) is 15.6 Å². The van der Waals surface area contributed by atoms with Crippen molar-refractivity contribution >= 4 is 38.9 Å². The summed E-state index contributed by atoms with van der Waals surface area (Å²) in [5, 5.41) is 14.7. The number of hydrogen-bond donors (Lipinski definition) is 2. The highest BCUT2D eigenvalue weighted by Crippen LogP contribution is 2.48. The van der Waals surface area contributed by atoms with E-state index in [0.29, 0.717) is 6.54 Å². The largest absolute Gasteiger partial charge is 0.481 e. The number of carboxylic acid groups (broad SMARTS) is 1. The Kier molecular flexibility index (Phi) is 6.62. The van der Waals surface area contributed by atoms with E-state index in [4.69, 9.17) is 0 Å². The van der Waals surface area contributed by atoms with Crippen LogP contribution in [-0.4, -0.2) is 30.7 Å². The Hall–Kier alpha value is -4.15. The topological polar surface area (TPSA) is 45.0 Å². The van der Waals surface area contributed by atoms with Gasteiger partial charge in [0, 0.05) is 34.3 Å². The number of carbonyl (C=O) groups is 1. The van der Waals surface area contributed by atoms with Gasteiger partial charge in [0.15, 0.2) is 0 Å². The molecule has 0 aromatic heterocycles. The maximum absolute atomic E-state index is 11.4. The zero-order chi connectivity index (χ0) is 28.9. The first-order valence-electron chi connectivity index (χ1n) is 14.6. The van der Waals surface area contributed by atoms with Gasteiger partial charge in [-0.3, -0.25) is 9.69 Å². The molecule has 2 heterocycles. The van der Waals surface area contributed by atoms with Crippen LogP contribution in [0.15, 0.2) is 109 Å². The third-order valence-electron chi connectivity index (χ3n) is 9.34. The summed E-state index contributed by atoms with van der Waals surface area (Å²) >= 11 is 0. The van der Waals surface area contributed by atoms with Gasteiger partial charge in [0.25, 0.3) is 0 Å². The summed E-state index contributed by atoms with van der Waals surface area (Å²) in [6.07, 6.45) is 11.0. The standard InChI is InChI=1S/C37H38N2O2/c1-36(2)29-19-13-14-20-30(29)39(24-23-33(40)41)32(36)22-8-6-7-21-31-37(3,4)34-27-17-11-9-15-25(27)26-16-10-12-18-28(26)35(34)38(31)5/h6-22,31H,23-24H2,1-5H3,(H,40,41)/p+1/b8-6+,21-7+,32-22+. The summed E-state index contributed by atoms with van der Waals surface area (Å²) in [7, 11) is 2.30. The summed E-state index contributed by atoms with van der Waals surface area (Å²) in [6.45, 7) is 9.64. The molecule has 2 atom stereocenters. The van der Waals surface area contributed by atoms with Gasteiger partial charge in [0.1, 0.15) is 11.7 Å². The molecule has 0 amide bonds. The summed E-state index contributed by atoms with van der Waals surface area (Å²) in [5.41, 5.74) is 6.06. The molecule has 0 saturated carbocycles. The molecule has 2 aliphatic rings. The number of carboxylic acids is 1. The molecule has 4 heteroatoms. The lowest BCUT2D eigenvalue weighted by Crippen LogP contribution is -3.07. The van der Waals surface area contributed by atoms with E-state index in [2.05, 4.69) is 137 Å². The molecule has 0 fully saturated rings. The van der Waals surface area contributed by atoms with Gasteiger partial charge in [-0.1, -0.05) is 92.7 Å². The van der Waals surface area contributed by atoms with Crippen LogP contribution in [0.5, 0.6) is 0 Å². The molecule has 0 radical (unpaired) electrons. The van der Waals surface area contributed by atoms with E-state index >= 15 is 0 Å². The average Bonchev–Trinajstić information content (AvgIpc) is 3.30. The molecule has 2 N–H and O–H groups in total. The normalized spacial score (nSPS) is 21.9. The maximum Gasteiger partial charge on any atom is 0.305 e. The number of nitrogens with zero attached hydrogens (tertiary/aromatic N) is 1. The van der Waals surface area contributed by atoms with Crippen LogP contribution in [0.4, 0.5) is 11.4 Å². The molecule has 0 saturated heterocycles. The first-order valence-corrected chi connectivity index (χ1v) is 14.6. The quantitative estimate of drug-likeness (QED) is 0.202. The molecule has 41 heavy (non-hydrogen) atoms. The van der Waals surface area contributed by atoms with Crippen LogP contribution in [0.1, 0.15) is 45.2 Å². The monoisotopic (exact) mass is 543 g/mol. The molecule has 4 aromatic carbocycles. The summed E-state index contributed by atoms with van der Waals surface area (Å²) < 4.78 is 0. The number of aliphatic carboxylic acids is 1. The van der Waals surface area contributed by atoms with Crippen LogP contribution in [0.3, 0.4) is 0 Å². The Bertz CT molecular complexity index is 1760. The number of hydrogen-bond acceptors (Lipinski definition) is 2. The minimum absolute atomic E-state index is 0.0470. The Labute approximate surface area is 242 Å². The zero-order valence-corrected chi connectivity index (χ0v) is 24.6. The lowest BCUT2D eigenvalue weighted by molar-refractivity contribution is -0.827. The second kappa shape index (κ2) is 10.0. The van der Waals surface area contributed by atoms with Crippen LogP contribution in [0.2, 0.25) is 0 Å². The smallest absolute Gasteiger partial charge is 0.305 e. The van der Waals surface area contributed by atoms with Crippen molar-refractivity contribution in [3.63, 3.8) is 0 Å². The van der Waals surface area contributed by atoms with Crippen molar-refractivity contribution in [3.05, 3.63) is 120 Å². The molecule has 0 bridgehead atoms. The van der Waals surface area contributed by atoms with Crippen molar-refractivity contribution in [2.75, 3.05) is 18.5 Å². The minimum atomic E-state index is -0.780. The molecule has 0 aliphatic carbocycles. The molecular formula is C37H39N2O2+. The van der Waals surface area contributed by atoms with E-state index in [9.17, 15) is 9.90 Å². The molecule has 2 aliphatic heterocycles. The summed E-state index contributed by atoms with van der Waals surface area (Å²) in [6, 6.07) is 26.3. The van der Waals surface area contributed by atoms with Gasteiger partial charge in [-0.25, -0.2) is 0 Å². The molecule has 6 rings (SSSR count). The fraction of sp³-hybridized carbons (Fsp3) is 0.270. The van der Waals surface area contributed by atoms with Crippen LogP contribution in [0.25, 0.3) is 21.5 Å². The second-order valence-electron chi connectivity index (χ2n) is 12.5. The predicted octanol–water partition coefficient (Wildman–Crippen LogP) is 7.07. The lowest BCUT2D eigenvalue weighted by atomic mass is 9.77. The number of likely N-dealkylation sites (N-methyl/N-ethyl adjacent to an activating group) is 1. The first-order chi connectivity index (χ1) is 19.6. The van der Waals surface area contributed by atoms with Crippen molar-refractivity contribution in [1.82, 2.24) is 0 Å². The van der Waals surface area contributed by atoms with Gasteiger partial charge < -0.3 is 10.0 Å². The average molecular weight is 544 g/mol. The van der Waals surface area contributed by atoms with Gasteiger partial charge in [-0.05, 0) is 59.9 Å². The van der Waals surface area contributed by atoms with Gasteiger partial charge in [0.05, 0.1) is 18.9 Å². The Morgan fingerprint density at radius 1 is 0.854 bits per heavy atom. The highest BCUT2D eigenvalue weighted by molar-refractivity contribution is 6.14. The van der Waals surface area contributed by atoms with E-state index in [1.54, 1.807) is 0 Å².